The second-order valence-corrected chi connectivity index (χ2v) is 10.2. The number of anilines is 1. The molecular weight excluding hydrogens is 495 g/mol. The average molecular weight is 531 g/mol. The number of hydrogen-bond acceptors (Lipinski definition) is 6. The van der Waals surface area contributed by atoms with Crippen LogP contribution >= 0.6 is 0 Å². The Hall–Kier alpha value is -4.05. The van der Waals surface area contributed by atoms with Gasteiger partial charge in [-0.3, -0.25) is 15.1 Å². The van der Waals surface area contributed by atoms with Crippen LogP contribution in [0, 0.1) is 11.2 Å². The molecule has 2 aliphatic rings. The SMILES string of the molecule is CN(C)C(=O)CN1CCN(c2cccc(-c3cnc(/C=C\C(=N)N4CCCC4c4cccc(F)c4)[nH]3)n2)CC1. The Morgan fingerprint density at radius 1 is 1.15 bits per heavy atom. The number of imidazole rings is 1. The molecule has 10 heteroatoms. The molecule has 2 saturated heterocycles. The zero-order valence-corrected chi connectivity index (χ0v) is 22.5. The van der Waals surface area contributed by atoms with E-state index in [0.717, 1.165) is 68.3 Å². The molecule has 4 heterocycles. The summed E-state index contributed by atoms with van der Waals surface area (Å²) in [6, 6.07) is 12.6. The standard InChI is InChI=1S/C29H35FN8O/c1-35(2)29(39)20-36-14-16-37(17-15-36)28-10-4-8-23(34-28)24-19-32-27(33-24)12-11-26(31)38-13-5-9-25(38)21-6-3-7-22(30)18-21/h3-4,6-8,10-12,18-19,25,31H,5,9,13-17,20H2,1-2H3,(H,32,33)/b12-11-,31-26?. The van der Waals surface area contributed by atoms with Crippen molar-refractivity contribution in [3.05, 3.63) is 71.9 Å². The Bertz CT molecular complexity index is 1340. The number of carbonyl (C=O) groups excluding carboxylic acids is 1. The predicted molar refractivity (Wildman–Crippen MR) is 151 cm³/mol. The van der Waals surface area contributed by atoms with E-state index in [2.05, 4.69) is 19.8 Å². The molecule has 9 nitrogen and oxygen atoms in total. The number of carbonyl (C=O) groups is 1. The number of amidine groups is 1. The maximum Gasteiger partial charge on any atom is 0.236 e. The van der Waals surface area contributed by atoms with Crippen molar-refractivity contribution < 1.29 is 9.18 Å². The summed E-state index contributed by atoms with van der Waals surface area (Å²) in [5.74, 6) is 1.79. The Morgan fingerprint density at radius 3 is 2.72 bits per heavy atom. The summed E-state index contributed by atoms with van der Waals surface area (Å²) in [6.45, 7) is 4.46. The van der Waals surface area contributed by atoms with E-state index >= 15 is 0 Å². The van der Waals surface area contributed by atoms with Crippen molar-refractivity contribution in [3.8, 4) is 11.4 Å². The van der Waals surface area contributed by atoms with Gasteiger partial charge >= 0.3 is 0 Å². The summed E-state index contributed by atoms with van der Waals surface area (Å²) >= 11 is 0. The number of likely N-dealkylation sites (N-methyl/N-ethyl adjacent to an activating group) is 1. The van der Waals surface area contributed by atoms with Crippen molar-refractivity contribution in [2.45, 2.75) is 18.9 Å². The van der Waals surface area contributed by atoms with Gasteiger partial charge in [-0.05, 0) is 54.8 Å². The lowest BCUT2D eigenvalue weighted by Gasteiger charge is -2.35. The van der Waals surface area contributed by atoms with E-state index in [1.54, 1.807) is 49.5 Å². The van der Waals surface area contributed by atoms with Crippen LogP contribution in [-0.2, 0) is 4.79 Å². The molecule has 1 atom stereocenters. The van der Waals surface area contributed by atoms with Gasteiger partial charge in [0.1, 0.15) is 23.3 Å². The van der Waals surface area contributed by atoms with Gasteiger partial charge in [0, 0.05) is 46.8 Å². The number of nitrogens with zero attached hydrogens (tertiary/aromatic N) is 6. The zero-order valence-electron chi connectivity index (χ0n) is 22.5. The van der Waals surface area contributed by atoms with Crippen LogP contribution in [0.25, 0.3) is 17.5 Å². The minimum atomic E-state index is -0.249. The lowest BCUT2D eigenvalue weighted by Crippen LogP contribution is -2.49. The van der Waals surface area contributed by atoms with Crippen LogP contribution in [0.2, 0.25) is 0 Å². The minimum Gasteiger partial charge on any atom is -0.354 e. The van der Waals surface area contributed by atoms with E-state index in [-0.39, 0.29) is 17.8 Å². The maximum absolute atomic E-state index is 13.8. The minimum absolute atomic E-state index is 0.00675. The Balaban J connectivity index is 1.21. The number of rotatable bonds is 7. The van der Waals surface area contributed by atoms with Crippen molar-refractivity contribution in [1.82, 2.24) is 29.7 Å². The Kier molecular flexibility index (Phi) is 8.02. The molecule has 0 aliphatic carbocycles. The number of halogens is 1. The molecule has 0 spiro atoms. The van der Waals surface area contributed by atoms with Crippen molar-refractivity contribution in [1.29, 1.82) is 5.41 Å². The van der Waals surface area contributed by atoms with Gasteiger partial charge in [0.05, 0.1) is 30.2 Å². The van der Waals surface area contributed by atoms with Gasteiger partial charge in [0.25, 0.3) is 0 Å². The van der Waals surface area contributed by atoms with Crippen LogP contribution in [0.15, 0.2) is 54.7 Å². The number of aromatic nitrogens is 3. The number of nitrogens with one attached hydrogen (secondary N) is 2. The summed E-state index contributed by atoms with van der Waals surface area (Å²) < 4.78 is 13.8. The van der Waals surface area contributed by atoms with Crippen LogP contribution in [0.1, 0.15) is 30.3 Å². The molecule has 1 aromatic carbocycles. The van der Waals surface area contributed by atoms with Crippen molar-refractivity contribution in [2.24, 2.45) is 0 Å². The molecule has 2 aromatic heterocycles. The quantitative estimate of drug-likeness (QED) is 0.358. The molecule has 5 rings (SSSR count). The van der Waals surface area contributed by atoms with E-state index in [0.29, 0.717) is 18.2 Å². The van der Waals surface area contributed by atoms with E-state index in [1.807, 2.05) is 29.2 Å². The normalized spacial score (nSPS) is 18.2. The topological polar surface area (TPSA) is 95.5 Å². The van der Waals surface area contributed by atoms with Gasteiger partial charge < -0.3 is 19.7 Å². The summed E-state index contributed by atoms with van der Waals surface area (Å²) in [5.41, 5.74) is 2.50. The largest absolute Gasteiger partial charge is 0.354 e. The number of pyridine rings is 1. The van der Waals surface area contributed by atoms with Gasteiger partial charge in [-0.25, -0.2) is 14.4 Å². The van der Waals surface area contributed by atoms with Crippen LogP contribution < -0.4 is 4.90 Å². The van der Waals surface area contributed by atoms with Crippen LogP contribution in [0.4, 0.5) is 10.2 Å². The number of H-pyrrole nitrogens is 1. The van der Waals surface area contributed by atoms with Gasteiger partial charge in [-0.1, -0.05) is 18.2 Å². The average Bonchev–Trinajstić information content (AvgIpc) is 3.63. The first-order valence-corrected chi connectivity index (χ1v) is 13.4. The first kappa shape index (κ1) is 26.6. The number of hydrogen-bond donors (Lipinski definition) is 2. The molecule has 3 aromatic rings. The van der Waals surface area contributed by atoms with Gasteiger partial charge in [-0.2, -0.15) is 0 Å². The Labute approximate surface area is 228 Å². The molecule has 0 saturated carbocycles. The summed E-state index contributed by atoms with van der Waals surface area (Å²) in [6.07, 6.45) is 7.16. The van der Waals surface area contributed by atoms with Gasteiger partial charge in [-0.15, -0.1) is 0 Å². The molecule has 2 aliphatic heterocycles. The van der Waals surface area contributed by atoms with Gasteiger partial charge in [0.2, 0.25) is 5.91 Å². The summed E-state index contributed by atoms with van der Waals surface area (Å²) in [5, 5.41) is 8.61. The third-order valence-electron chi connectivity index (χ3n) is 7.35. The van der Waals surface area contributed by atoms with E-state index in [4.69, 9.17) is 10.4 Å². The molecule has 39 heavy (non-hydrogen) atoms. The van der Waals surface area contributed by atoms with Crippen LogP contribution in [0.5, 0.6) is 0 Å². The fraction of sp³-hybridized carbons (Fsp3) is 0.379. The number of amides is 1. The summed E-state index contributed by atoms with van der Waals surface area (Å²) in [4.78, 5) is 32.7. The fourth-order valence-electron chi connectivity index (χ4n) is 5.14. The summed E-state index contributed by atoms with van der Waals surface area (Å²) in [7, 11) is 3.57. The van der Waals surface area contributed by atoms with Crippen molar-refractivity contribution in [2.75, 3.05) is 58.3 Å². The molecule has 204 valence electrons. The fourth-order valence-corrected chi connectivity index (χ4v) is 5.14. The second kappa shape index (κ2) is 11.8. The molecule has 1 unspecified atom stereocenters. The third-order valence-corrected chi connectivity index (χ3v) is 7.35. The lowest BCUT2D eigenvalue weighted by atomic mass is 10.0. The van der Waals surface area contributed by atoms with Gasteiger partial charge in [0.15, 0.2) is 0 Å². The van der Waals surface area contributed by atoms with Crippen LogP contribution in [-0.4, -0.2) is 94.8 Å². The number of aromatic amines is 1. The first-order chi connectivity index (χ1) is 18.9. The highest BCUT2D eigenvalue weighted by Crippen LogP contribution is 2.32. The lowest BCUT2D eigenvalue weighted by molar-refractivity contribution is -0.129. The maximum atomic E-state index is 13.8. The molecular formula is C29H35FN8O. The van der Waals surface area contributed by atoms with E-state index in [9.17, 15) is 9.18 Å². The molecule has 2 N–H and O–H groups in total. The number of likely N-dealkylation sites (tertiary alicyclic amines) is 1. The molecule has 0 bridgehead atoms. The Morgan fingerprint density at radius 2 is 1.95 bits per heavy atom. The molecule has 0 radical (unpaired) electrons. The molecule has 2 fully saturated rings. The first-order valence-electron chi connectivity index (χ1n) is 13.4. The van der Waals surface area contributed by atoms with Crippen molar-refractivity contribution >= 4 is 23.6 Å². The highest BCUT2D eigenvalue weighted by atomic mass is 19.1. The zero-order chi connectivity index (χ0) is 27.4. The number of piperazine rings is 1. The highest BCUT2D eigenvalue weighted by Gasteiger charge is 2.27. The van der Waals surface area contributed by atoms with E-state index < -0.39 is 0 Å². The van der Waals surface area contributed by atoms with Crippen molar-refractivity contribution in [3.63, 3.8) is 0 Å². The predicted octanol–water partition coefficient (Wildman–Crippen LogP) is 3.65. The highest BCUT2D eigenvalue weighted by molar-refractivity contribution is 5.94. The number of benzene rings is 1. The van der Waals surface area contributed by atoms with Crippen LogP contribution in [0.3, 0.4) is 0 Å². The monoisotopic (exact) mass is 530 g/mol. The third kappa shape index (κ3) is 6.34. The molecule has 1 amide bonds. The second-order valence-electron chi connectivity index (χ2n) is 10.2. The van der Waals surface area contributed by atoms with E-state index in [1.165, 1.54) is 6.07 Å². The smallest absolute Gasteiger partial charge is 0.236 e.